The zero-order chi connectivity index (χ0) is 20.0. The lowest BCUT2D eigenvalue weighted by atomic mass is 10.1. The summed E-state index contributed by atoms with van der Waals surface area (Å²) >= 11 is 1.11. The van der Waals surface area contributed by atoms with Crippen molar-refractivity contribution in [3.63, 3.8) is 0 Å². The van der Waals surface area contributed by atoms with Crippen LogP contribution in [0.15, 0.2) is 65.7 Å². The number of hydrogen-bond acceptors (Lipinski definition) is 6. The molecule has 0 fully saturated rings. The van der Waals surface area contributed by atoms with Crippen molar-refractivity contribution in [3.05, 3.63) is 81.4 Å². The van der Waals surface area contributed by atoms with Crippen LogP contribution in [-0.2, 0) is 9.59 Å². The molecule has 1 N–H and O–H groups in total. The van der Waals surface area contributed by atoms with Gasteiger partial charge in [-0.3, -0.25) is 19.3 Å². The van der Waals surface area contributed by atoms with Gasteiger partial charge in [0.1, 0.15) is 17.4 Å². The Balaban J connectivity index is 1.57. The van der Waals surface area contributed by atoms with Crippen LogP contribution in [-0.4, -0.2) is 33.0 Å². The first-order valence-electron chi connectivity index (χ1n) is 8.76. The number of carbonyl (C=O) groups excluding carboxylic acids is 2. The molecule has 4 aromatic rings. The molecule has 0 saturated heterocycles. The van der Waals surface area contributed by atoms with Crippen LogP contribution in [0.1, 0.15) is 5.56 Å². The van der Waals surface area contributed by atoms with E-state index >= 15 is 0 Å². The third-order valence-corrected chi connectivity index (χ3v) is 5.65. The number of rotatable bonds is 3. The molecule has 3 heterocycles. The molecule has 142 valence electrons. The first-order chi connectivity index (χ1) is 14.1. The number of para-hydroxylation sites is 2. The molecule has 0 atom stereocenters. The van der Waals surface area contributed by atoms with Crippen LogP contribution in [0.2, 0.25) is 0 Å². The molecule has 9 heteroatoms. The molecule has 0 bridgehead atoms. The quantitative estimate of drug-likeness (QED) is 0.552. The van der Waals surface area contributed by atoms with Crippen molar-refractivity contribution in [1.82, 2.24) is 14.6 Å². The van der Waals surface area contributed by atoms with Crippen molar-refractivity contribution in [3.8, 4) is 0 Å². The Bertz CT molecular complexity index is 1380. The number of amides is 2. The molecule has 1 aliphatic heterocycles. The number of nitrogens with zero attached hydrogens (tertiary/aromatic N) is 4. The standard InChI is InChI=1S/C20H13N5O3S/c26-15(23-12-6-2-1-3-7-12)10-24-14-9-5-4-8-13(14)16(18(24)27)17-19(28)25-20(29-17)21-11-22-25/h1-9,11H,10H2,(H,23,26)/b17-16-. The van der Waals surface area contributed by atoms with Gasteiger partial charge in [-0.2, -0.15) is 9.61 Å². The second-order valence-corrected chi connectivity index (χ2v) is 7.37. The number of thiazole rings is 1. The SMILES string of the molecule is O=C(CN1C(=O)/C(=c2\sc3ncnn3c2=O)c2ccccc21)Nc1ccccc1. The lowest BCUT2D eigenvalue weighted by Crippen LogP contribution is -2.37. The van der Waals surface area contributed by atoms with Gasteiger partial charge in [0.15, 0.2) is 0 Å². The second-order valence-electron chi connectivity index (χ2n) is 6.39. The Labute approximate surface area is 167 Å². The highest BCUT2D eigenvalue weighted by atomic mass is 32.1. The molecule has 0 spiro atoms. The summed E-state index contributed by atoms with van der Waals surface area (Å²) in [5, 5.41) is 6.68. The van der Waals surface area contributed by atoms with Crippen LogP contribution in [0.3, 0.4) is 0 Å². The molecule has 0 unspecified atom stereocenters. The lowest BCUT2D eigenvalue weighted by molar-refractivity contribution is -0.118. The Morgan fingerprint density at radius 3 is 2.59 bits per heavy atom. The fraction of sp³-hybridized carbons (Fsp3) is 0.0500. The normalized spacial score (nSPS) is 15.0. The van der Waals surface area contributed by atoms with E-state index in [2.05, 4.69) is 15.4 Å². The number of benzene rings is 2. The topological polar surface area (TPSA) is 96.7 Å². The molecule has 2 aromatic heterocycles. The second kappa shape index (κ2) is 6.64. The van der Waals surface area contributed by atoms with Gasteiger partial charge in [-0.1, -0.05) is 47.7 Å². The highest BCUT2D eigenvalue weighted by Crippen LogP contribution is 2.35. The van der Waals surface area contributed by atoms with Gasteiger partial charge in [-0.25, -0.2) is 4.98 Å². The summed E-state index contributed by atoms with van der Waals surface area (Å²) in [6.45, 7) is -0.164. The van der Waals surface area contributed by atoms with Crippen molar-refractivity contribution >= 4 is 45.1 Å². The fourth-order valence-corrected chi connectivity index (χ4v) is 4.32. The summed E-state index contributed by atoms with van der Waals surface area (Å²) in [7, 11) is 0. The minimum atomic E-state index is -0.393. The zero-order valence-electron chi connectivity index (χ0n) is 14.9. The maximum atomic E-state index is 13.2. The summed E-state index contributed by atoms with van der Waals surface area (Å²) in [4.78, 5) is 44.3. The van der Waals surface area contributed by atoms with E-state index in [9.17, 15) is 14.4 Å². The highest BCUT2D eigenvalue weighted by molar-refractivity contribution is 7.15. The summed E-state index contributed by atoms with van der Waals surface area (Å²) < 4.78 is 1.44. The van der Waals surface area contributed by atoms with Gasteiger partial charge >= 0.3 is 0 Å². The Morgan fingerprint density at radius 2 is 1.79 bits per heavy atom. The van der Waals surface area contributed by atoms with E-state index in [4.69, 9.17) is 0 Å². The van der Waals surface area contributed by atoms with Gasteiger partial charge in [0, 0.05) is 11.3 Å². The van der Waals surface area contributed by atoms with Crippen LogP contribution < -0.4 is 20.3 Å². The molecule has 2 amide bonds. The lowest BCUT2D eigenvalue weighted by Gasteiger charge is -2.16. The van der Waals surface area contributed by atoms with Crippen LogP contribution >= 0.6 is 11.3 Å². The van der Waals surface area contributed by atoms with Crippen LogP contribution in [0.4, 0.5) is 11.4 Å². The van der Waals surface area contributed by atoms with E-state index in [0.717, 1.165) is 11.3 Å². The molecule has 29 heavy (non-hydrogen) atoms. The molecular formula is C20H13N5O3S. The monoisotopic (exact) mass is 403 g/mol. The van der Waals surface area contributed by atoms with E-state index in [1.54, 1.807) is 36.4 Å². The van der Waals surface area contributed by atoms with E-state index in [1.165, 1.54) is 15.7 Å². The Morgan fingerprint density at radius 1 is 1.03 bits per heavy atom. The van der Waals surface area contributed by atoms with E-state index in [0.29, 0.717) is 21.9 Å². The third-order valence-electron chi connectivity index (χ3n) is 4.61. The largest absolute Gasteiger partial charge is 0.325 e. The average molecular weight is 403 g/mol. The van der Waals surface area contributed by atoms with E-state index < -0.39 is 11.5 Å². The predicted molar refractivity (Wildman–Crippen MR) is 109 cm³/mol. The summed E-state index contributed by atoms with van der Waals surface area (Å²) in [6.07, 6.45) is 1.30. The third kappa shape index (κ3) is 2.79. The number of carbonyl (C=O) groups is 2. The van der Waals surface area contributed by atoms with Crippen LogP contribution in [0, 0.1) is 0 Å². The number of nitrogens with one attached hydrogen (secondary N) is 1. The highest BCUT2D eigenvalue weighted by Gasteiger charge is 2.35. The van der Waals surface area contributed by atoms with Crippen molar-refractivity contribution < 1.29 is 9.59 Å². The molecule has 5 rings (SSSR count). The first-order valence-corrected chi connectivity index (χ1v) is 9.58. The first kappa shape index (κ1) is 17.3. The van der Waals surface area contributed by atoms with Gasteiger partial charge in [-0.05, 0) is 18.2 Å². The summed E-state index contributed by atoms with van der Waals surface area (Å²) in [5.74, 6) is -0.721. The minimum absolute atomic E-state index is 0.164. The molecule has 1 aliphatic rings. The van der Waals surface area contributed by atoms with Gasteiger partial charge in [0.05, 0.1) is 11.3 Å². The van der Waals surface area contributed by atoms with Crippen molar-refractivity contribution in [2.45, 2.75) is 0 Å². The summed E-state index contributed by atoms with van der Waals surface area (Å²) in [6, 6.07) is 16.1. The molecular weight excluding hydrogens is 390 g/mol. The predicted octanol–water partition coefficient (Wildman–Crippen LogP) is 1.05. The maximum Gasteiger partial charge on any atom is 0.291 e. The number of hydrogen-bond donors (Lipinski definition) is 1. The molecule has 0 aliphatic carbocycles. The molecule has 8 nitrogen and oxygen atoms in total. The maximum absolute atomic E-state index is 13.2. The van der Waals surface area contributed by atoms with Gasteiger partial charge < -0.3 is 5.32 Å². The smallest absolute Gasteiger partial charge is 0.291 e. The van der Waals surface area contributed by atoms with Gasteiger partial charge in [-0.15, -0.1) is 0 Å². The zero-order valence-corrected chi connectivity index (χ0v) is 15.7. The molecule has 0 saturated carbocycles. The average Bonchev–Trinajstić information content (AvgIpc) is 3.38. The van der Waals surface area contributed by atoms with Crippen LogP contribution in [0.25, 0.3) is 10.5 Å². The summed E-state index contributed by atoms with van der Waals surface area (Å²) in [5.41, 5.74) is 1.74. The van der Waals surface area contributed by atoms with Crippen LogP contribution in [0.5, 0.6) is 0 Å². The Kier molecular flexibility index (Phi) is 3.95. The molecule has 2 aromatic carbocycles. The van der Waals surface area contributed by atoms with Crippen molar-refractivity contribution in [2.24, 2.45) is 0 Å². The van der Waals surface area contributed by atoms with Crippen molar-refractivity contribution in [2.75, 3.05) is 16.8 Å². The van der Waals surface area contributed by atoms with Crippen molar-refractivity contribution in [1.29, 1.82) is 0 Å². The van der Waals surface area contributed by atoms with E-state index in [1.807, 2.05) is 18.2 Å². The number of fused-ring (bicyclic) bond motifs is 2. The fourth-order valence-electron chi connectivity index (χ4n) is 3.35. The number of aromatic nitrogens is 3. The van der Waals surface area contributed by atoms with E-state index in [-0.39, 0.29) is 22.6 Å². The van der Waals surface area contributed by atoms with Gasteiger partial charge in [0.25, 0.3) is 11.5 Å². The van der Waals surface area contributed by atoms with Gasteiger partial charge in [0.2, 0.25) is 10.9 Å². The molecule has 0 radical (unpaired) electrons. The minimum Gasteiger partial charge on any atom is -0.325 e. The Hall–Kier alpha value is -3.85. The number of anilines is 2.